The normalized spacial score (nSPS) is 11.6. The monoisotopic (exact) mass is 506 g/mol. The van der Waals surface area contributed by atoms with Gasteiger partial charge >= 0.3 is 0 Å². The van der Waals surface area contributed by atoms with Crippen LogP contribution >= 0.6 is 0 Å². The molecule has 0 N–H and O–H groups in total. The maximum Gasteiger partial charge on any atom is 0.254 e. The molecule has 3 rings (SSSR count). The first-order valence-electron chi connectivity index (χ1n) is 12.7. The third kappa shape index (κ3) is 7.15. The summed E-state index contributed by atoms with van der Waals surface area (Å²) in [5.74, 6) is 2.54. The second-order valence-electron chi connectivity index (χ2n) is 9.27. The number of benzene rings is 2. The molecule has 0 radical (unpaired) electrons. The van der Waals surface area contributed by atoms with Gasteiger partial charge in [0.05, 0.1) is 20.8 Å². The van der Waals surface area contributed by atoms with Crippen LogP contribution in [0.25, 0.3) is 0 Å². The van der Waals surface area contributed by atoms with E-state index in [0.29, 0.717) is 42.3 Å². The highest BCUT2D eigenvalue weighted by atomic mass is 16.5. The quantitative estimate of drug-likeness (QED) is 0.328. The molecule has 0 fully saturated rings. The minimum atomic E-state index is -0.130. The average Bonchev–Trinajstić information content (AvgIpc) is 3.33. The number of rotatable bonds is 12. The summed E-state index contributed by atoms with van der Waals surface area (Å²) in [6, 6.07) is 16.9. The van der Waals surface area contributed by atoms with Crippen LogP contribution in [-0.2, 0) is 17.8 Å². The highest BCUT2D eigenvalue weighted by molar-refractivity contribution is 5.97. The Hall–Kier alpha value is -3.74. The number of furan rings is 1. The van der Waals surface area contributed by atoms with Crippen molar-refractivity contribution in [3.8, 4) is 11.5 Å². The summed E-state index contributed by atoms with van der Waals surface area (Å²) in [4.78, 5) is 30.6. The Labute approximate surface area is 220 Å². The molecule has 0 saturated carbocycles. The van der Waals surface area contributed by atoms with Crippen molar-refractivity contribution >= 4 is 11.8 Å². The molecule has 0 saturated heterocycles. The van der Waals surface area contributed by atoms with Gasteiger partial charge in [0.1, 0.15) is 18.1 Å². The van der Waals surface area contributed by atoms with Gasteiger partial charge in [0.15, 0.2) is 11.5 Å². The maximum atomic E-state index is 13.7. The minimum Gasteiger partial charge on any atom is -0.493 e. The predicted molar refractivity (Wildman–Crippen MR) is 144 cm³/mol. The van der Waals surface area contributed by atoms with Gasteiger partial charge in [-0.25, -0.2) is 0 Å². The van der Waals surface area contributed by atoms with Crippen molar-refractivity contribution in [2.75, 3.05) is 27.3 Å². The maximum absolute atomic E-state index is 13.7. The van der Waals surface area contributed by atoms with E-state index in [1.54, 1.807) is 24.0 Å². The number of aryl methyl sites for hydroxylation is 2. The Balaban J connectivity index is 1.83. The molecule has 0 bridgehead atoms. The zero-order valence-corrected chi connectivity index (χ0v) is 22.7. The molecule has 2 aromatic carbocycles. The van der Waals surface area contributed by atoms with E-state index in [1.165, 1.54) is 0 Å². The molecule has 0 aliphatic carbocycles. The van der Waals surface area contributed by atoms with Crippen LogP contribution in [0.5, 0.6) is 11.5 Å². The molecular weight excluding hydrogens is 468 g/mol. The lowest BCUT2D eigenvalue weighted by Crippen LogP contribution is -2.47. The van der Waals surface area contributed by atoms with Gasteiger partial charge < -0.3 is 23.7 Å². The third-order valence-corrected chi connectivity index (χ3v) is 6.68. The van der Waals surface area contributed by atoms with Crippen molar-refractivity contribution < 1.29 is 23.5 Å². The van der Waals surface area contributed by atoms with Gasteiger partial charge in [-0.3, -0.25) is 9.59 Å². The van der Waals surface area contributed by atoms with Gasteiger partial charge in [-0.1, -0.05) is 31.2 Å². The second kappa shape index (κ2) is 13.0. The number of hydrogen-bond donors (Lipinski definition) is 0. The fourth-order valence-corrected chi connectivity index (χ4v) is 4.21. The van der Waals surface area contributed by atoms with Crippen LogP contribution in [0, 0.1) is 13.8 Å². The van der Waals surface area contributed by atoms with E-state index in [4.69, 9.17) is 13.9 Å². The highest BCUT2D eigenvalue weighted by Gasteiger charge is 2.27. The van der Waals surface area contributed by atoms with Crippen LogP contribution < -0.4 is 9.47 Å². The lowest BCUT2D eigenvalue weighted by molar-refractivity contribution is -0.133. The van der Waals surface area contributed by atoms with Crippen LogP contribution in [0.3, 0.4) is 0 Å². The summed E-state index contributed by atoms with van der Waals surface area (Å²) in [7, 11) is 3.20. The van der Waals surface area contributed by atoms with Crippen LogP contribution in [0.2, 0.25) is 0 Å². The van der Waals surface area contributed by atoms with E-state index in [2.05, 4.69) is 0 Å². The summed E-state index contributed by atoms with van der Waals surface area (Å²) in [6.07, 6.45) is 1.36. The van der Waals surface area contributed by atoms with Gasteiger partial charge in [0, 0.05) is 18.2 Å². The van der Waals surface area contributed by atoms with E-state index < -0.39 is 0 Å². The number of methoxy groups -OCH3 is 2. The fraction of sp³-hybridized carbons (Fsp3) is 0.400. The molecule has 3 aromatic rings. The summed E-state index contributed by atoms with van der Waals surface area (Å²) >= 11 is 0. The van der Waals surface area contributed by atoms with Crippen LogP contribution in [0.15, 0.2) is 59.0 Å². The zero-order chi connectivity index (χ0) is 26.9. The molecule has 2 amide bonds. The largest absolute Gasteiger partial charge is 0.493 e. The summed E-state index contributed by atoms with van der Waals surface area (Å²) in [5.41, 5.74) is 2.53. The fourth-order valence-electron chi connectivity index (χ4n) is 4.21. The number of nitrogens with zero attached hydrogens (tertiary/aromatic N) is 2. The van der Waals surface area contributed by atoms with Crippen molar-refractivity contribution in [2.45, 2.75) is 53.1 Å². The van der Waals surface area contributed by atoms with E-state index in [-0.39, 0.29) is 24.4 Å². The zero-order valence-electron chi connectivity index (χ0n) is 22.7. The van der Waals surface area contributed by atoms with E-state index in [0.717, 1.165) is 23.3 Å². The van der Waals surface area contributed by atoms with Crippen molar-refractivity contribution in [3.05, 3.63) is 82.8 Å². The van der Waals surface area contributed by atoms with Crippen LogP contribution in [0.4, 0.5) is 0 Å². The Morgan fingerprint density at radius 1 is 0.973 bits per heavy atom. The molecule has 0 unspecified atom stereocenters. The van der Waals surface area contributed by atoms with Gasteiger partial charge in [0.25, 0.3) is 5.91 Å². The predicted octanol–water partition coefficient (Wildman–Crippen LogP) is 5.43. The molecule has 7 nitrogen and oxygen atoms in total. The topological polar surface area (TPSA) is 72.2 Å². The first-order chi connectivity index (χ1) is 17.8. The summed E-state index contributed by atoms with van der Waals surface area (Å²) in [5, 5.41) is 0. The molecule has 1 atom stereocenters. The van der Waals surface area contributed by atoms with Crippen molar-refractivity contribution in [3.63, 3.8) is 0 Å². The number of amides is 2. The van der Waals surface area contributed by atoms with Gasteiger partial charge in [-0.05, 0) is 75.1 Å². The van der Waals surface area contributed by atoms with Gasteiger partial charge in [0.2, 0.25) is 5.91 Å². The van der Waals surface area contributed by atoms with Crippen molar-refractivity contribution in [1.82, 2.24) is 9.80 Å². The van der Waals surface area contributed by atoms with Crippen molar-refractivity contribution in [1.29, 1.82) is 0 Å². The smallest absolute Gasteiger partial charge is 0.254 e. The second-order valence-corrected chi connectivity index (χ2v) is 9.27. The van der Waals surface area contributed by atoms with Crippen LogP contribution in [0.1, 0.15) is 53.3 Å². The minimum absolute atomic E-state index is 0.00615. The molecule has 1 heterocycles. The third-order valence-electron chi connectivity index (χ3n) is 6.68. The molecule has 0 aliphatic rings. The highest BCUT2D eigenvalue weighted by Crippen LogP contribution is 2.28. The molecule has 7 heteroatoms. The number of hydrogen-bond acceptors (Lipinski definition) is 5. The Morgan fingerprint density at radius 3 is 2.32 bits per heavy atom. The molecule has 0 spiro atoms. The van der Waals surface area contributed by atoms with Crippen molar-refractivity contribution in [2.24, 2.45) is 0 Å². The Kier molecular flexibility index (Phi) is 9.78. The van der Waals surface area contributed by atoms with Gasteiger partial charge in [-0.15, -0.1) is 0 Å². The molecule has 198 valence electrons. The molecule has 0 aliphatic heterocycles. The SMILES string of the molecule is CC[C@@H](C)N(CC(=O)N(CCc1ccc(OC)c(OC)c1)Cc1ccc(C)o1)C(=O)c1ccccc1C. The van der Waals surface area contributed by atoms with E-state index in [1.807, 2.05) is 82.3 Å². The Bertz CT molecular complexity index is 1200. The first-order valence-corrected chi connectivity index (χ1v) is 12.7. The number of ether oxygens (including phenoxy) is 2. The first kappa shape index (κ1) is 27.8. The molecule has 37 heavy (non-hydrogen) atoms. The molecule has 1 aromatic heterocycles. The lowest BCUT2D eigenvalue weighted by Gasteiger charge is -2.31. The van der Waals surface area contributed by atoms with E-state index in [9.17, 15) is 9.59 Å². The van der Waals surface area contributed by atoms with Crippen LogP contribution in [-0.4, -0.2) is 55.0 Å². The summed E-state index contributed by atoms with van der Waals surface area (Å²) < 4.78 is 16.6. The van der Waals surface area contributed by atoms with Gasteiger partial charge in [-0.2, -0.15) is 0 Å². The number of carbonyl (C=O) groups is 2. The number of carbonyl (C=O) groups excluding carboxylic acids is 2. The standard InChI is InChI=1S/C30H38N2O5/c1-7-22(3)32(30(34)26-11-9-8-10-21(26)2)20-29(33)31(19-25-14-12-23(4)37-25)17-16-24-13-15-27(35-5)28(18-24)36-6/h8-15,18,22H,7,16-17,19-20H2,1-6H3/t22-/m1/s1. The summed E-state index contributed by atoms with van der Waals surface area (Å²) in [6.45, 7) is 8.58. The average molecular weight is 507 g/mol. The molecular formula is C30H38N2O5. The Morgan fingerprint density at radius 2 is 1.70 bits per heavy atom. The van der Waals surface area contributed by atoms with E-state index >= 15 is 0 Å². The lowest BCUT2D eigenvalue weighted by atomic mass is 10.1.